The van der Waals surface area contributed by atoms with Crippen LogP contribution in [0.1, 0.15) is 25.2 Å². The monoisotopic (exact) mass is 520 g/mol. The quantitative estimate of drug-likeness (QED) is 0.562. The highest BCUT2D eigenvalue weighted by atomic mass is 35.5. The second-order valence-electron chi connectivity index (χ2n) is 8.33. The molecule has 12 heteroatoms. The number of anilines is 1. The molecule has 1 aliphatic heterocycles. The van der Waals surface area contributed by atoms with Crippen LogP contribution in [0.25, 0.3) is 0 Å². The Morgan fingerprint density at radius 1 is 1.24 bits per heavy atom. The summed E-state index contributed by atoms with van der Waals surface area (Å²) in [5, 5.41) is 3.40. The Bertz CT molecular complexity index is 1090. The summed E-state index contributed by atoms with van der Waals surface area (Å²) >= 11 is 11.9. The van der Waals surface area contributed by atoms with Crippen molar-refractivity contribution in [1.82, 2.24) is 14.7 Å². The molecule has 1 aromatic heterocycles. The molecule has 7 nitrogen and oxygen atoms in total. The Hall–Kier alpha value is -2.46. The third kappa shape index (κ3) is 5.27. The van der Waals surface area contributed by atoms with E-state index < -0.39 is 35.4 Å². The highest BCUT2D eigenvalue weighted by Crippen LogP contribution is 2.35. The molecule has 1 unspecified atom stereocenters. The number of hydrogen-bond acceptors (Lipinski definition) is 5. The van der Waals surface area contributed by atoms with Gasteiger partial charge in [0.05, 0.1) is 22.8 Å². The lowest BCUT2D eigenvalue weighted by Crippen LogP contribution is -2.59. The largest absolute Gasteiger partial charge is 0.495 e. The van der Waals surface area contributed by atoms with Gasteiger partial charge in [-0.25, -0.2) is 0 Å². The molecule has 0 bridgehead atoms. The van der Waals surface area contributed by atoms with Gasteiger partial charge >= 0.3 is 6.18 Å². The van der Waals surface area contributed by atoms with Gasteiger partial charge in [0.15, 0.2) is 11.5 Å². The van der Waals surface area contributed by atoms with Crippen LogP contribution in [0.3, 0.4) is 0 Å². The maximum atomic E-state index is 13.2. The average molecular weight is 521 g/mol. The molecule has 0 spiro atoms. The zero-order valence-corrected chi connectivity index (χ0v) is 20.6. The number of aromatic nitrogens is 2. The van der Waals surface area contributed by atoms with E-state index in [1.54, 1.807) is 32.0 Å². The van der Waals surface area contributed by atoms with Gasteiger partial charge in [0, 0.05) is 37.3 Å². The van der Waals surface area contributed by atoms with Crippen molar-refractivity contribution in [2.45, 2.75) is 39.5 Å². The first-order valence-corrected chi connectivity index (χ1v) is 11.3. The van der Waals surface area contributed by atoms with Crippen molar-refractivity contribution in [3.05, 3.63) is 39.6 Å². The van der Waals surface area contributed by atoms with Crippen LogP contribution < -0.4 is 9.64 Å². The second-order valence-corrected chi connectivity index (χ2v) is 9.11. The molecule has 1 aromatic carbocycles. The molecule has 1 saturated heterocycles. The summed E-state index contributed by atoms with van der Waals surface area (Å²) in [6.45, 7) is 5.21. The Labute approximate surface area is 205 Å². The smallest absolute Gasteiger partial charge is 0.436 e. The number of benzene rings is 1. The van der Waals surface area contributed by atoms with Gasteiger partial charge in [-0.2, -0.15) is 18.3 Å². The third-order valence-corrected chi connectivity index (χ3v) is 6.55. The summed E-state index contributed by atoms with van der Waals surface area (Å²) in [6, 6.07) is 4.46. The number of Topliss-reactive ketones (excluding diaryl/α,β-unsaturated/α-hetero) is 1. The van der Waals surface area contributed by atoms with E-state index in [4.69, 9.17) is 27.9 Å². The lowest BCUT2D eigenvalue weighted by Gasteiger charge is -2.42. The highest BCUT2D eigenvalue weighted by Gasteiger charge is 2.40. The fourth-order valence-electron chi connectivity index (χ4n) is 3.87. The molecule has 0 radical (unpaired) electrons. The van der Waals surface area contributed by atoms with E-state index in [0.29, 0.717) is 17.3 Å². The lowest BCUT2D eigenvalue weighted by atomic mass is 9.97. The van der Waals surface area contributed by atoms with E-state index in [0.717, 1.165) is 10.4 Å². The number of carbonyl (C=O) groups is 2. The molecule has 1 fully saturated rings. The van der Waals surface area contributed by atoms with Crippen molar-refractivity contribution in [2.75, 3.05) is 31.6 Å². The van der Waals surface area contributed by atoms with Gasteiger partial charge in [0.2, 0.25) is 5.91 Å². The number of rotatable bonds is 6. The van der Waals surface area contributed by atoms with Gasteiger partial charge in [0.25, 0.3) is 0 Å². The Kier molecular flexibility index (Phi) is 7.72. The molecule has 0 saturated carbocycles. The highest BCUT2D eigenvalue weighted by molar-refractivity contribution is 6.32. The zero-order valence-electron chi connectivity index (χ0n) is 19.1. The summed E-state index contributed by atoms with van der Waals surface area (Å²) < 4.78 is 45.7. The van der Waals surface area contributed by atoms with Crippen LogP contribution in [-0.4, -0.2) is 59.2 Å². The van der Waals surface area contributed by atoms with Crippen LogP contribution in [0.4, 0.5) is 18.9 Å². The number of ketones is 1. The van der Waals surface area contributed by atoms with E-state index in [2.05, 4.69) is 5.10 Å². The van der Waals surface area contributed by atoms with Gasteiger partial charge in [-0.05, 0) is 19.1 Å². The average Bonchev–Trinajstić information content (AvgIpc) is 3.07. The molecule has 1 atom stereocenters. The standard InChI is InChI=1S/C22H25Cl2F3N4O3/c1-12(2)20(33)16-10-29(14-5-6-15(23)17(9-14)34-4)7-8-30(16)18(32)11-31-13(3)19(24)21(28-31)22(25,26)27/h5-6,9,12,16H,7-8,10-11H2,1-4H3. The van der Waals surface area contributed by atoms with Gasteiger partial charge in [-0.15, -0.1) is 0 Å². The molecule has 1 amide bonds. The molecule has 34 heavy (non-hydrogen) atoms. The Balaban J connectivity index is 1.85. The number of ether oxygens (including phenoxy) is 1. The van der Waals surface area contributed by atoms with Crippen molar-refractivity contribution in [3.63, 3.8) is 0 Å². The van der Waals surface area contributed by atoms with Crippen LogP contribution in [0.15, 0.2) is 18.2 Å². The van der Waals surface area contributed by atoms with Gasteiger partial charge in [0.1, 0.15) is 18.3 Å². The van der Waals surface area contributed by atoms with Crippen molar-refractivity contribution in [3.8, 4) is 5.75 Å². The van der Waals surface area contributed by atoms with E-state index in [1.165, 1.54) is 18.9 Å². The number of halogens is 5. The second kappa shape index (κ2) is 10.0. The van der Waals surface area contributed by atoms with Crippen molar-refractivity contribution in [1.29, 1.82) is 0 Å². The number of piperazine rings is 1. The number of nitrogens with zero attached hydrogens (tertiary/aromatic N) is 4. The maximum Gasteiger partial charge on any atom is 0.436 e. The van der Waals surface area contributed by atoms with Crippen molar-refractivity contribution in [2.24, 2.45) is 5.92 Å². The predicted molar refractivity (Wildman–Crippen MR) is 123 cm³/mol. The van der Waals surface area contributed by atoms with Gasteiger partial charge < -0.3 is 14.5 Å². The summed E-state index contributed by atoms with van der Waals surface area (Å²) in [5.74, 6) is -0.526. The van der Waals surface area contributed by atoms with Crippen LogP contribution in [0.5, 0.6) is 5.75 Å². The number of alkyl halides is 3. The molecular weight excluding hydrogens is 496 g/mol. The zero-order chi connectivity index (χ0) is 25.4. The van der Waals surface area contributed by atoms with Crippen molar-refractivity contribution < 1.29 is 27.5 Å². The van der Waals surface area contributed by atoms with Gasteiger partial charge in [-0.3, -0.25) is 14.3 Å². The summed E-state index contributed by atoms with van der Waals surface area (Å²) in [7, 11) is 1.50. The SMILES string of the molecule is COc1cc(N2CCN(C(=O)Cn3nc(C(F)(F)F)c(Cl)c3C)C(C(=O)C(C)C)C2)ccc1Cl. The number of carbonyl (C=O) groups excluding carboxylic acids is 2. The lowest BCUT2D eigenvalue weighted by molar-refractivity contribution is -0.143. The molecule has 186 valence electrons. The number of hydrogen-bond donors (Lipinski definition) is 0. The first kappa shape index (κ1) is 26.2. The first-order valence-electron chi connectivity index (χ1n) is 10.6. The predicted octanol–water partition coefficient (Wildman–Crippen LogP) is 4.47. The van der Waals surface area contributed by atoms with Crippen molar-refractivity contribution >= 4 is 40.6 Å². The molecule has 2 heterocycles. The Morgan fingerprint density at radius 2 is 1.91 bits per heavy atom. The molecule has 0 aliphatic carbocycles. The third-order valence-electron chi connectivity index (χ3n) is 5.78. The molecule has 3 rings (SSSR count). The number of amides is 1. The minimum atomic E-state index is -4.74. The maximum absolute atomic E-state index is 13.2. The van der Waals surface area contributed by atoms with Crippen LogP contribution in [0, 0.1) is 12.8 Å². The summed E-state index contributed by atoms with van der Waals surface area (Å²) in [4.78, 5) is 29.5. The number of methoxy groups -OCH3 is 1. The van der Waals surface area contributed by atoms with Gasteiger partial charge in [-0.1, -0.05) is 37.0 Å². The van der Waals surface area contributed by atoms with Crippen LogP contribution >= 0.6 is 23.2 Å². The minimum Gasteiger partial charge on any atom is -0.495 e. The van der Waals surface area contributed by atoms with E-state index in [1.807, 2.05) is 4.90 Å². The first-order chi connectivity index (χ1) is 15.8. The topological polar surface area (TPSA) is 67.7 Å². The normalized spacial score (nSPS) is 16.8. The summed E-state index contributed by atoms with van der Waals surface area (Å²) in [5.41, 5.74) is -0.434. The molecular formula is C22H25Cl2F3N4O3. The fourth-order valence-corrected chi connectivity index (χ4v) is 4.30. The Morgan fingerprint density at radius 3 is 2.47 bits per heavy atom. The fraction of sp³-hybridized carbons (Fsp3) is 0.500. The summed E-state index contributed by atoms with van der Waals surface area (Å²) in [6.07, 6.45) is -4.74. The van der Waals surface area contributed by atoms with Crippen LogP contribution in [0.2, 0.25) is 10.0 Å². The molecule has 2 aromatic rings. The minimum absolute atomic E-state index is 0.0287. The van der Waals surface area contributed by atoms with E-state index in [9.17, 15) is 22.8 Å². The van der Waals surface area contributed by atoms with E-state index >= 15 is 0 Å². The van der Waals surface area contributed by atoms with Crippen LogP contribution in [-0.2, 0) is 22.3 Å². The van der Waals surface area contributed by atoms with E-state index in [-0.39, 0.29) is 30.5 Å². The molecule has 0 N–H and O–H groups in total. The molecule has 1 aliphatic rings.